The number of aryl methyl sites for hydroxylation is 1. The number of anilines is 1. The van der Waals surface area contributed by atoms with Crippen LogP contribution in [-0.4, -0.2) is 23.1 Å². The monoisotopic (exact) mass is 251 g/mol. The highest BCUT2D eigenvalue weighted by Crippen LogP contribution is 2.15. The first-order valence-electron chi connectivity index (χ1n) is 7.04. The molecule has 102 valence electrons. The Bertz CT molecular complexity index is 318. The minimum atomic E-state index is 0.695. The average Bonchev–Trinajstić information content (AvgIpc) is 2.35. The minimum Gasteiger partial charge on any atom is -0.478 e. The number of unbranched alkanes of at least 4 members (excludes halogenated alkanes) is 2. The van der Waals surface area contributed by atoms with E-state index in [1.54, 1.807) is 0 Å². The van der Waals surface area contributed by atoms with Crippen molar-refractivity contribution in [1.82, 2.24) is 9.97 Å². The fraction of sp³-hybridized carbons (Fsp3) is 0.714. The van der Waals surface area contributed by atoms with Gasteiger partial charge in [0, 0.05) is 19.0 Å². The molecule has 0 radical (unpaired) electrons. The van der Waals surface area contributed by atoms with Crippen LogP contribution in [0.4, 0.5) is 5.82 Å². The van der Waals surface area contributed by atoms with Gasteiger partial charge in [0.2, 0.25) is 5.88 Å². The van der Waals surface area contributed by atoms with E-state index < -0.39 is 0 Å². The molecule has 1 heterocycles. The van der Waals surface area contributed by atoms with Crippen LogP contribution in [-0.2, 0) is 6.42 Å². The van der Waals surface area contributed by atoms with Crippen molar-refractivity contribution < 1.29 is 4.74 Å². The maximum Gasteiger partial charge on any atom is 0.218 e. The van der Waals surface area contributed by atoms with Crippen LogP contribution >= 0.6 is 0 Å². The van der Waals surface area contributed by atoms with Gasteiger partial charge in [0.1, 0.15) is 11.6 Å². The van der Waals surface area contributed by atoms with Crippen LogP contribution in [0.15, 0.2) is 6.07 Å². The number of hydrogen-bond donors (Lipinski definition) is 1. The summed E-state index contributed by atoms with van der Waals surface area (Å²) in [5.74, 6) is 2.42. The molecule has 4 nitrogen and oxygen atoms in total. The fourth-order valence-corrected chi connectivity index (χ4v) is 1.68. The molecule has 0 saturated heterocycles. The Balaban J connectivity index is 2.63. The van der Waals surface area contributed by atoms with Crippen molar-refractivity contribution in [2.24, 2.45) is 0 Å². The Hall–Kier alpha value is -1.32. The van der Waals surface area contributed by atoms with Crippen molar-refractivity contribution in [3.8, 4) is 5.88 Å². The smallest absolute Gasteiger partial charge is 0.218 e. The summed E-state index contributed by atoms with van der Waals surface area (Å²) in [5.41, 5.74) is 0. The summed E-state index contributed by atoms with van der Waals surface area (Å²) in [6, 6.07) is 1.88. The number of rotatable bonds is 9. The van der Waals surface area contributed by atoms with Gasteiger partial charge in [-0.15, -0.1) is 0 Å². The van der Waals surface area contributed by atoms with Crippen LogP contribution < -0.4 is 10.1 Å². The molecule has 0 spiro atoms. The van der Waals surface area contributed by atoms with E-state index in [-0.39, 0.29) is 0 Å². The minimum absolute atomic E-state index is 0.695. The number of nitrogens with zero attached hydrogens (tertiary/aromatic N) is 2. The molecule has 0 saturated carbocycles. The Morgan fingerprint density at radius 1 is 1.11 bits per heavy atom. The third-order valence-corrected chi connectivity index (χ3v) is 2.58. The van der Waals surface area contributed by atoms with Crippen molar-refractivity contribution in [3.63, 3.8) is 0 Å². The van der Waals surface area contributed by atoms with Crippen molar-refractivity contribution in [2.45, 2.75) is 52.9 Å². The molecule has 0 aliphatic rings. The topological polar surface area (TPSA) is 47.0 Å². The molecule has 0 amide bonds. The Morgan fingerprint density at radius 3 is 2.61 bits per heavy atom. The molecule has 1 aromatic rings. The number of nitrogens with one attached hydrogen (secondary N) is 1. The number of hydrogen-bond acceptors (Lipinski definition) is 4. The molecular weight excluding hydrogens is 226 g/mol. The second-order valence-corrected chi connectivity index (χ2v) is 4.34. The van der Waals surface area contributed by atoms with E-state index >= 15 is 0 Å². The van der Waals surface area contributed by atoms with Crippen LogP contribution in [0.5, 0.6) is 5.88 Å². The third kappa shape index (κ3) is 5.34. The molecular formula is C14H25N3O. The molecule has 0 aliphatic carbocycles. The van der Waals surface area contributed by atoms with Gasteiger partial charge in [0.25, 0.3) is 0 Å². The zero-order valence-corrected chi connectivity index (χ0v) is 11.8. The molecule has 0 aliphatic heterocycles. The molecule has 0 fully saturated rings. The van der Waals surface area contributed by atoms with Crippen LogP contribution in [0, 0.1) is 0 Å². The Labute approximate surface area is 110 Å². The normalized spacial score (nSPS) is 10.4. The van der Waals surface area contributed by atoms with Crippen LogP contribution in [0.25, 0.3) is 0 Å². The van der Waals surface area contributed by atoms with Gasteiger partial charge in [0.15, 0.2) is 0 Å². The standard InChI is InChI=1S/C14H25N3O/c1-4-7-8-10-18-14-11-13(15-6-3)16-12(17-14)9-5-2/h11H,4-10H2,1-3H3,(H,15,16,17). The predicted molar refractivity (Wildman–Crippen MR) is 75.2 cm³/mol. The second-order valence-electron chi connectivity index (χ2n) is 4.34. The summed E-state index contributed by atoms with van der Waals surface area (Å²) in [6.07, 6.45) is 5.43. The van der Waals surface area contributed by atoms with E-state index in [2.05, 4.69) is 36.1 Å². The maximum absolute atomic E-state index is 5.69. The maximum atomic E-state index is 5.69. The Morgan fingerprint density at radius 2 is 1.94 bits per heavy atom. The van der Waals surface area contributed by atoms with Crippen LogP contribution in [0.2, 0.25) is 0 Å². The van der Waals surface area contributed by atoms with E-state index in [4.69, 9.17) is 4.74 Å². The highest BCUT2D eigenvalue weighted by molar-refractivity contribution is 5.38. The van der Waals surface area contributed by atoms with Crippen LogP contribution in [0.1, 0.15) is 52.3 Å². The molecule has 0 unspecified atom stereocenters. The third-order valence-electron chi connectivity index (χ3n) is 2.58. The van der Waals surface area contributed by atoms with E-state index in [1.807, 2.05) is 6.07 Å². The molecule has 0 bridgehead atoms. The van der Waals surface area contributed by atoms with Crippen molar-refractivity contribution >= 4 is 5.82 Å². The van der Waals surface area contributed by atoms with E-state index in [0.717, 1.165) is 44.1 Å². The van der Waals surface area contributed by atoms with Gasteiger partial charge in [-0.2, -0.15) is 4.98 Å². The summed E-state index contributed by atoms with van der Waals surface area (Å²) in [7, 11) is 0. The van der Waals surface area contributed by atoms with Crippen molar-refractivity contribution in [1.29, 1.82) is 0 Å². The highest BCUT2D eigenvalue weighted by Gasteiger charge is 2.04. The predicted octanol–water partition coefficient (Wildman–Crippen LogP) is 3.43. The summed E-state index contributed by atoms with van der Waals surface area (Å²) in [5, 5.41) is 3.22. The van der Waals surface area contributed by atoms with Crippen molar-refractivity contribution in [2.75, 3.05) is 18.5 Å². The first kappa shape index (κ1) is 14.7. The summed E-state index contributed by atoms with van der Waals surface area (Å²) >= 11 is 0. The fourth-order valence-electron chi connectivity index (χ4n) is 1.68. The average molecular weight is 251 g/mol. The zero-order chi connectivity index (χ0) is 13.2. The first-order valence-corrected chi connectivity index (χ1v) is 7.04. The van der Waals surface area contributed by atoms with E-state index in [0.29, 0.717) is 5.88 Å². The SMILES string of the molecule is CCCCCOc1cc(NCC)nc(CCC)n1. The van der Waals surface area contributed by atoms with Gasteiger partial charge in [-0.1, -0.05) is 26.7 Å². The van der Waals surface area contributed by atoms with Crippen LogP contribution in [0.3, 0.4) is 0 Å². The quantitative estimate of drug-likeness (QED) is 0.683. The lowest BCUT2D eigenvalue weighted by Crippen LogP contribution is -2.06. The largest absolute Gasteiger partial charge is 0.478 e. The van der Waals surface area contributed by atoms with Gasteiger partial charge in [0.05, 0.1) is 6.61 Å². The van der Waals surface area contributed by atoms with E-state index in [9.17, 15) is 0 Å². The molecule has 4 heteroatoms. The molecule has 18 heavy (non-hydrogen) atoms. The van der Waals surface area contributed by atoms with Gasteiger partial charge < -0.3 is 10.1 Å². The Kier molecular flexibility index (Phi) is 7.14. The molecule has 0 atom stereocenters. The van der Waals surface area contributed by atoms with Crippen molar-refractivity contribution in [3.05, 3.63) is 11.9 Å². The first-order chi connectivity index (χ1) is 8.80. The lowest BCUT2D eigenvalue weighted by atomic mass is 10.3. The van der Waals surface area contributed by atoms with Gasteiger partial charge >= 0.3 is 0 Å². The molecule has 1 N–H and O–H groups in total. The molecule has 0 aromatic carbocycles. The van der Waals surface area contributed by atoms with E-state index in [1.165, 1.54) is 12.8 Å². The summed E-state index contributed by atoms with van der Waals surface area (Å²) < 4.78 is 5.69. The number of ether oxygens (including phenoxy) is 1. The summed E-state index contributed by atoms with van der Waals surface area (Å²) in [4.78, 5) is 8.88. The molecule has 1 rings (SSSR count). The number of aromatic nitrogens is 2. The van der Waals surface area contributed by atoms with Gasteiger partial charge in [-0.25, -0.2) is 4.98 Å². The highest BCUT2D eigenvalue weighted by atomic mass is 16.5. The van der Waals surface area contributed by atoms with Gasteiger partial charge in [-0.3, -0.25) is 0 Å². The van der Waals surface area contributed by atoms with Gasteiger partial charge in [-0.05, 0) is 19.8 Å². The second kappa shape index (κ2) is 8.72. The summed E-state index contributed by atoms with van der Waals surface area (Å²) in [6.45, 7) is 7.97. The lowest BCUT2D eigenvalue weighted by molar-refractivity contribution is 0.293. The molecule has 1 aromatic heterocycles. The zero-order valence-electron chi connectivity index (χ0n) is 11.8. The lowest BCUT2D eigenvalue weighted by Gasteiger charge is -2.09.